The summed E-state index contributed by atoms with van der Waals surface area (Å²) < 4.78 is 111. The van der Waals surface area contributed by atoms with Gasteiger partial charge in [0, 0.05) is 78.9 Å². The minimum absolute atomic E-state index is 0.0475. The zero-order chi connectivity index (χ0) is 63.5. The predicted molar refractivity (Wildman–Crippen MR) is 334 cm³/mol. The van der Waals surface area contributed by atoms with Crippen molar-refractivity contribution in [2.75, 3.05) is 184 Å². The van der Waals surface area contributed by atoms with Crippen LogP contribution in [0.4, 0.5) is 5.69 Å². The molecule has 89 heavy (non-hydrogen) atoms. The summed E-state index contributed by atoms with van der Waals surface area (Å²) in [7, 11) is -1.23. The highest BCUT2D eigenvalue weighted by molar-refractivity contribution is 7.85. The van der Waals surface area contributed by atoms with Crippen LogP contribution in [0.1, 0.15) is 56.2 Å². The molecule has 0 bridgehead atoms. The summed E-state index contributed by atoms with van der Waals surface area (Å²) in [6.07, 6.45) is 7.91. The minimum atomic E-state index is -4.50. The summed E-state index contributed by atoms with van der Waals surface area (Å²) in [4.78, 5) is 19.7. The van der Waals surface area contributed by atoms with Gasteiger partial charge in [-0.2, -0.15) is 8.42 Å². The van der Waals surface area contributed by atoms with Gasteiger partial charge in [0.2, 0.25) is 17.1 Å². The number of fused-ring (bicyclic) bond motifs is 2. The lowest BCUT2D eigenvalue weighted by molar-refractivity contribution is -0.145. The van der Waals surface area contributed by atoms with Gasteiger partial charge in [0.05, 0.1) is 143 Å². The lowest BCUT2D eigenvalue weighted by Gasteiger charge is -2.27. The second-order valence-corrected chi connectivity index (χ2v) is 22.5. The molecule has 2 aromatic carbocycles. The number of carbonyl (C=O) groups is 1. The molecule has 0 spiro atoms. The van der Waals surface area contributed by atoms with Gasteiger partial charge in [0.15, 0.2) is 13.1 Å². The highest BCUT2D eigenvalue weighted by Crippen LogP contribution is 2.49. The molecule has 0 amide bonds. The third kappa shape index (κ3) is 24.2. The van der Waals surface area contributed by atoms with Crippen molar-refractivity contribution in [2.24, 2.45) is 0 Å². The maximum Gasteiger partial charge on any atom is 0.333 e. The largest absolute Gasteiger partial charge is 0.492 e. The molecule has 3 aliphatic rings. The smallest absolute Gasteiger partial charge is 0.333 e. The van der Waals surface area contributed by atoms with E-state index in [0.717, 1.165) is 44.6 Å². The molecule has 0 atom stereocenters. The number of anilines is 1. The van der Waals surface area contributed by atoms with Crippen LogP contribution >= 0.6 is 0 Å². The second-order valence-electron chi connectivity index (χ2n) is 21.1. The van der Waals surface area contributed by atoms with Gasteiger partial charge < -0.3 is 81.2 Å². The third-order valence-electron chi connectivity index (χ3n) is 14.4. The Kier molecular flexibility index (Phi) is 32.3. The van der Waals surface area contributed by atoms with E-state index in [0.29, 0.717) is 200 Å². The molecule has 0 unspecified atom stereocenters. The van der Waals surface area contributed by atoms with Gasteiger partial charge in [-0.1, -0.05) is 62.8 Å². The predicted octanol–water partition coefficient (Wildman–Crippen LogP) is 6.96. The Balaban J connectivity index is 1.15. The Morgan fingerprint density at radius 3 is 1.60 bits per heavy atom. The van der Waals surface area contributed by atoms with E-state index in [2.05, 4.69) is 27.7 Å². The van der Waals surface area contributed by atoms with Gasteiger partial charge in [-0.05, 0) is 61.2 Å². The van der Waals surface area contributed by atoms with Gasteiger partial charge in [0.25, 0.3) is 10.1 Å². The van der Waals surface area contributed by atoms with Crippen LogP contribution in [-0.4, -0.2) is 213 Å². The first-order valence-corrected chi connectivity index (χ1v) is 31.7. The first-order chi connectivity index (χ1) is 43.2. The van der Waals surface area contributed by atoms with E-state index in [1.807, 2.05) is 69.3 Å². The maximum atomic E-state index is 12.6. The molecule has 1 aromatic heterocycles. The van der Waals surface area contributed by atoms with Crippen LogP contribution in [0.25, 0.3) is 28.7 Å². The van der Waals surface area contributed by atoms with E-state index in [1.54, 1.807) is 20.3 Å². The number of ether oxygens (including phenoxy) is 12. The van der Waals surface area contributed by atoms with E-state index < -0.39 is 33.3 Å². The van der Waals surface area contributed by atoms with Crippen LogP contribution in [0.5, 0.6) is 11.8 Å². The van der Waals surface area contributed by atoms with E-state index >= 15 is 0 Å². The number of carbonyl (C=O) groups excluding carboxylic acids is 1. The molecule has 6 rings (SSSR count). The molecule has 1 aliphatic carbocycles. The maximum absolute atomic E-state index is 12.6. The molecular formula is C65H92N3O20S+. The first-order valence-electron chi connectivity index (χ1n) is 30.3. The number of aromatic nitrogens is 1. The molecule has 3 heterocycles. The van der Waals surface area contributed by atoms with Crippen LogP contribution in [0.15, 0.2) is 106 Å². The highest BCUT2D eigenvalue weighted by atomic mass is 32.2. The van der Waals surface area contributed by atoms with Crippen molar-refractivity contribution in [3.05, 3.63) is 119 Å². The number of hydrogen-bond donors (Lipinski definition) is 3. The van der Waals surface area contributed by atoms with Crippen molar-refractivity contribution in [1.29, 1.82) is 0 Å². The Morgan fingerprint density at radius 2 is 1.10 bits per heavy atom. The lowest BCUT2D eigenvalue weighted by atomic mass is 9.83. The molecule has 2 aliphatic heterocycles. The molecule has 0 radical (unpaired) electrons. The number of aromatic hydroxyl groups is 2. The quantitative estimate of drug-likeness (QED) is 0.0202. The third-order valence-corrected chi connectivity index (χ3v) is 15.2. The minimum Gasteiger partial charge on any atom is -0.492 e. The van der Waals surface area contributed by atoms with Crippen molar-refractivity contribution in [2.45, 2.75) is 56.8 Å². The summed E-state index contributed by atoms with van der Waals surface area (Å²) in [5.41, 5.74) is 5.37. The second kappa shape index (κ2) is 39.9. The topological polar surface area (TPSA) is 256 Å². The number of hydrogen-bond acceptors (Lipinski definition) is 20. The molecule has 0 saturated carbocycles. The van der Waals surface area contributed by atoms with Gasteiger partial charge in [-0.3, -0.25) is 4.55 Å². The van der Waals surface area contributed by atoms with Crippen LogP contribution in [0.3, 0.4) is 0 Å². The normalized spacial score (nSPS) is 13.6. The molecule has 492 valence electrons. The number of benzene rings is 3. The van der Waals surface area contributed by atoms with Crippen LogP contribution in [0, 0.1) is 6.92 Å². The monoisotopic (exact) mass is 1270 g/mol. The Bertz CT molecular complexity index is 3010. The van der Waals surface area contributed by atoms with E-state index in [4.69, 9.17) is 66.1 Å². The lowest BCUT2D eigenvalue weighted by Crippen LogP contribution is -2.36. The van der Waals surface area contributed by atoms with Crippen molar-refractivity contribution in [3.8, 4) is 34.4 Å². The summed E-state index contributed by atoms with van der Waals surface area (Å²) in [5.74, 6) is -0.0430. The highest BCUT2D eigenvalue weighted by Gasteiger charge is 2.40. The fraction of sp³-hybridized carbons (Fsp3) is 0.538. The summed E-state index contributed by atoms with van der Waals surface area (Å²) >= 11 is 0. The fourth-order valence-electron chi connectivity index (χ4n) is 9.72. The number of allylic oxidation sites excluding steroid dienone is 3. The van der Waals surface area contributed by atoms with Gasteiger partial charge in [0.1, 0.15) is 24.7 Å². The Morgan fingerprint density at radius 1 is 0.607 bits per heavy atom. The fourth-order valence-corrected chi connectivity index (χ4v) is 10.2. The number of rotatable bonds is 47. The van der Waals surface area contributed by atoms with Gasteiger partial charge >= 0.3 is 5.97 Å². The average molecular weight is 1270 g/mol. The van der Waals surface area contributed by atoms with Crippen molar-refractivity contribution >= 4 is 27.9 Å². The average Bonchev–Trinajstić information content (AvgIpc) is 1.66. The first kappa shape index (κ1) is 72.0. The molecular weight excluding hydrogens is 1170 g/mol. The van der Waals surface area contributed by atoms with Gasteiger partial charge in [-0.25, -0.2) is 9.37 Å². The van der Waals surface area contributed by atoms with E-state index in [1.165, 1.54) is 24.3 Å². The molecule has 24 heteroatoms. The SMILES string of the molecule is COCCOCCOCCOCCOCCOCC[N+](CCOCCOCCOCCOCCOCCOC)=c1ccc2c(C=CC=C3N(CCCCCC(=O)On4c(O)ccc4O)c4ccc(S(=O)(=O)O)cc4C3(C)C)c(C)c(-c3ccccc3)oc-2c1. The molecule has 3 aromatic rings. The molecule has 23 nitrogen and oxygen atoms in total. The number of unbranched alkanes of at least 4 members (excludes halogenated alkanes) is 2. The standard InChI is InChI=1S/C65H91N3O20S/c1-51-55(15-12-16-60-65(2,3)57-50-54(89(72,73)74)19-21-58(57)67(60)24-11-7-10-17-63(71)88-68-61(69)22-23-62(68)70)56-20-18-53(49-59(56)87-64(51)52-13-8-6-9-14-52)66(25-27-77-33-35-81-41-43-85-47-45-83-39-37-79-31-29-75-4)26-28-78-34-36-82-42-44-86-48-46-84-40-38-80-32-30-76-5/h6,8-9,12-16,18-23,49-50H,7,10-11,17,24-48H2,1-5H3,(H2-,69,70,72,73,74)/p+1. The molecule has 3 N–H and O–H groups in total. The van der Waals surface area contributed by atoms with E-state index in [9.17, 15) is 28.0 Å². The van der Waals surface area contributed by atoms with E-state index in [-0.39, 0.29) is 11.3 Å². The van der Waals surface area contributed by atoms with Crippen LogP contribution in [-0.2, 0) is 77.2 Å². The van der Waals surface area contributed by atoms with Crippen molar-refractivity contribution < 1.29 is 94.1 Å². The van der Waals surface area contributed by atoms with Crippen LogP contribution in [0.2, 0.25) is 0 Å². The van der Waals surface area contributed by atoms with Crippen molar-refractivity contribution in [1.82, 2.24) is 9.31 Å². The molecule has 0 saturated heterocycles. The number of methoxy groups -OCH3 is 2. The summed E-state index contributed by atoms with van der Waals surface area (Å²) in [6.45, 7) is 17.9. The van der Waals surface area contributed by atoms with Gasteiger partial charge in [-0.15, -0.1) is 4.73 Å². The Hall–Kier alpha value is -6.07. The van der Waals surface area contributed by atoms with Crippen molar-refractivity contribution in [3.63, 3.8) is 0 Å². The number of nitrogens with zero attached hydrogens (tertiary/aromatic N) is 3. The summed E-state index contributed by atoms with van der Waals surface area (Å²) in [5, 5.41) is 20.7. The zero-order valence-electron chi connectivity index (χ0n) is 52.3. The van der Waals surface area contributed by atoms with Crippen LogP contribution < -0.4 is 19.7 Å². The molecule has 0 fully saturated rings. The summed E-state index contributed by atoms with van der Waals surface area (Å²) in [6, 6.07) is 23.2. The Labute approximate surface area is 523 Å². The zero-order valence-corrected chi connectivity index (χ0v) is 53.1.